The summed E-state index contributed by atoms with van der Waals surface area (Å²) in [7, 11) is -0.0601. The number of furan rings is 1. The average molecular weight is 367 g/mol. The lowest BCUT2D eigenvalue weighted by molar-refractivity contribution is -0.121. The van der Waals surface area contributed by atoms with E-state index in [9.17, 15) is 14.8 Å². The SMILES string of the molecule is COc1ccc(CCC(=O)NC(Cc2coc3ccccc23)B(O)O)cc1. The fourth-order valence-electron chi connectivity index (χ4n) is 2.99. The smallest absolute Gasteiger partial charge is 0.475 e. The second-order valence-electron chi connectivity index (χ2n) is 6.40. The van der Waals surface area contributed by atoms with E-state index in [2.05, 4.69) is 5.32 Å². The molecule has 0 radical (unpaired) electrons. The highest BCUT2D eigenvalue weighted by atomic mass is 16.5. The maximum atomic E-state index is 12.3. The van der Waals surface area contributed by atoms with Gasteiger partial charge in [0.25, 0.3) is 0 Å². The van der Waals surface area contributed by atoms with Gasteiger partial charge >= 0.3 is 7.12 Å². The van der Waals surface area contributed by atoms with E-state index in [4.69, 9.17) is 9.15 Å². The molecular formula is C20H22BNO5. The number of hydrogen-bond acceptors (Lipinski definition) is 5. The number of aryl methyl sites for hydroxylation is 1. The zero-order valence-electron chi connectivity index (χ0n) is 15.1. The van der Waals surface area contributed by atoms with Crippen LogP contribution in [-0.4, -0.2) is 36.1 Å². The number of nitrogens with one attached hydrogen (secondary N) is 1. The number of ether oxygens (including phenoxy) is 1. The molecule has 0 bridgehead atoms. The highest BCUT2D eigenvalue weighted by molar-refractivity contribution is 6.43. The summed E-state index contributed by atoms with van der Waals surface area (Å²) < 4.78 is 10.6. The van der Waals surface area contributed by atoms with Gasteiger partial charge in [0.2, 0.25) is 5.91 Å². The molecule has 3 N–H and O–H groups in total. The molecule has 3 aromatic rings. The van der Waals surface area contributed by atoms with Gasteiger partial charge in [-0.2, -0.15) is 0 Å². The molecule has 0 aliphatic heterocycles. The number of methoxy groups -OCH3 is 1. The van der Waals surface area contributed by atoms with Gasteiger partial charge in [-0.05, 0) is 42.2 Å². The van der Waals surface area contributed by atoms with Crippen molar-refractivity contribution in [2.75, 3.05) is 7.11 Å². The van der Waals surface area contributed by atoms with E-state index >= 15 is 0 Å². The molecule has 27 heavy (non-hydrogen) atoms. The van der Waals surface area contributed by atoms with Crippen LogP contribution in [0.5, 0.6) is 5.75 Å². The molecule has 0 fully saturated rings. The first-order valence-electron chi connectivity index (χ1n) is 8.80. The first kappa shape index (κ1) is 19.0. The summed E-state index contributed by atoms with van der Waals surface area (Å²) in [5.74, 6) is -0.287. The van der Waals surface area contributed by atoms with Gasteiger partial charge in [0.15, 0.2) is 0 Å². The number of carbonyl (C=O) groups excluding carboxylic acids is 1. The van der Waals surface area contributed by atoms with Gasteiger partial charge in [-0.25, -0.2) is 0 Å². The summed E-state index contributed by atoms with van der Waals surface area (Å²) in [4.78, 5) is 12.3. The van der Waals surface area contributed by atoms with Crippen LogP contribution in [-0.2, 0) is 17.6 Å². The summed E-state index contributed by atoms with van der Waals surface area (Å²) in [5, 5.41) is 22.9. The molecule has 1 unspecified atom stereocenters. The van der Waals surface area contributed by atoms with Crippen molar-refractivity contribution in [3.8, 4) is 5.75 Å². The molecule has 0 saturated heterocycles. The molecule has 140 valence electrons. The molecule has 2 aromatic carbocycles. The van der Waals surface area contributed by atoms with Crippen molar-refractivity contribution in [3.63, 3.8) is 0 Å². The Kier molecular flexibility index (Phi) is 6.16. The Bertz CT molecular complexity index is 891. The number of para-hydroxylation sites is 1. The van der Waals surface area contributed by atoms with Crippen LogP contribution in [0.4, 0.5) is 0 Å². The Hall–Kier alpha value is -2.77. The van der Waals surface area contributed by atoms with Crippen LogP contribution in [0.1, 0.15) is 17.5 Å². The Balaban J connectivity index is 1.59. The van der Waals surface area contributed by atoms with Gasteiger partial charge < -0.3 is 24.5 Å². The number of rotatable bonds is 8. The van der Waals surface area contributed by atoms with Crippen molar-refractivity contribution in [1.82, 2.24) is 5.32 Å². The fraction of sp³-hybridized carbons (Fsp3) is 0.250. The Morgan fingerprint density at radius 1 is 1.19 bits per heavy atom. The Labute approximate surface area is 157 Å². The van der Waals surface area contributed by atoms with Crippen LogP contribution in [0.15, 0.2) is 59.2 Å². The summed E-state index contributed by atoms with van der Waals surface area (Å²) in [5.41, 5.74) is 2.55. The van der Waals surface area contributed by atoms with Crippen molar-refractivity contribution in [3.05, 3.63) is 65.9 Å². The topological polar surface area (TPSA) is 91.9 Å². The summed E-state index contributed by atoms with van der Waals surface area (Å²) in [6.45, 7) is 0. The van der Waals surface area contributed by atoms with Gasteiger partial charge in [0.05, 0.1) is 19.3 Å². The predicted molar refractivity (Wildman–Crippen MR) is 103 cm³/mol. The van der Waals surface area contributed by atoms with Crippen molar-refractivity contribution < 1.29 is 24.0 Å². The number of benzene rings is 2. The lowest BCUT2D eigenvalue weighted by Gasteiger charge is -2.17. The number of carbonyl (C=O) groups is 1. The standard InChI is InChI=1S/C20H22BNO5/c1-26-16-9-6-14(7-10-16)8-11-20(23)22-19(21(24)25)12-15-13-27-18-5-3-2-4-17(15)18/h2-7,9-10,13,19,24-25H,8,11-12H2,1H3,(H,22,23). The largest absolute Gasteiger partial charge is 0.497 e. The molecule has 0 spiro atoms. The molecule has 3 rings (SSSR count). The summed E-state index contributed by atoms with van der Waals surface area (Å²) >= 11 is 0. The van der Waals surface area contributed by atoms with Crippen LogP contribution >= 0.6 is 0 Å². The maximum absolute atomic E-state index is 12.3. The van der Waals surface area contributed by atoms with Gasteiger partial charge in [0, 0.05) is 11.8 Å². The molecule has 1 atom stereocenters. The van der Waals surface area contributed by atoms with E-state index in [1.807, 2.05) is 48.5 Å². The average Bonchev–Trinajstić information content (AvgIpc) is 3.09. The van der Waals surface area contributed by atoms with Crippen LogP contribution in [0, 0.1) is 0 Å². The maximum Gasteiger partial charge on any atom is 0.475 e. The molecule has 7 heteroatoms. The van der Waals surface area contributed by atoms with E-state index in [-0.39, 0.29) is 18.7 Å². The molecule has 0 aliphatic carbocycles. The quantitative estimate of drug-likeness (QED) is 0.531. The molecular weight excluding hydrogens is 345 g/mol. The van der Waals surface area contributed by atoms with Gasteiger partial charge in [0.1, 0.15) is 11.3 Å². The third-order valence-electron chi connectivity index (χ3n) is 4.51. The van der Waals surface area contributed by atoms with Gasteiger partial charge in [-0.1, -0.05) is 30.3 Å². The summed E-state index contributed by atoms with van der Waals surface area (Å²) in [6.07, 6.45) is 2.66. The van der Waals surface area contributed by atoms with Gasteiger partial charge in [-0.3, -0.25) is 4.79 Å². The van der Waals surface area contributed by atoms with Crippen molar-refractivity contribution in [2.24, 2.45) is 0 Å². The fourth-order valence-corrected chi connectivity index (χ4v) is 2.99. The normalized spacial score (nSPS) is 12.0. The lowest BCUT2D eigenvalue weighted by atomic mass is 9.76. The van der Waals surface area contributed by atoms with Crippen LogP contribution < -0.4 is 10.1 Å². The van der Waals surface area contributed by atoms with Crippen LogP contribution in [0.2, 0.25) is 0 Å². The highest BCUT2D eigenvalue weighted by Crippen LogP contribution is 2.22. The van der Waals surface area contributed by atoms with Gasteiger partial charge in [-0.15, -0.1) is 0 Å². The minimum Gasteiger partial charge on any atom is -0.497 e. The highest BCUT2D eigenvalue weighted by Gasteiger charge is 2.26. The van der Waals surface area contributed by atoms with E-state index in [0.717, 1.165) is 27.8 Å². The van der Waals surface area contributed by atoms with Crippen molar-refractivity contribution >= 4 is 24.0 Å². The zero-order valence-corrected chi connectivity index (χ0v) is 15.1. The second kappa shape index (κ2) is 8.75. The van der Waals surface area contributed by atoms with E-state index < -0.39 is 13.1 Å². The number of hydrogen-bond donors (Lipinski definition) is 3. The molecule has 1 heterocycles. The lowest BCUT2D eigenvalue weighted by Crippen LogP contribution is -2.47. The molecule has 1 aromatic heterocycles. The molecule has 0 aliphatic rings. The predicted octanol–water partition coefficient (Wildman–Crippen LogP) is 2.11. The minimum absolute atomic E-state index is 0.239. The van der Waals surface area contributed by atoms with Crippen LogP contribution in [0.25, 0.3) is 11.0 Å². The monoisotopic (exact) mass is 367 g/mol. The van der Waals surface area contributed by atoms with E-state index in [1.54, 1.807) is 13.4 Å². The second-order valence-corrected chi connectivity index (χ2v) is 6.40. The summed E-state index contributed by atoms with van der Waals surface area (Å²) in [6, 6.07) is 15.0. The van der Waals surface area contributed by atoms with E-state index in [1.165, 1.54) is 0 Å². The van der Waals surface area contributed by atoms with Crippen molar-refractivity contribution in [2.45, 2.75) is 25.2 Å². The first-order valence-corrected chi connectivity index (χ1v) is 8.80. The first-order chi connectivity index (χ1) is 13.1. The van der Waals surface area contributed by atoms with E-state index in [0.29, 0.717) is 6.42 Å². The third-order valence-corrected chi connectivity index (χ3v) is 4.51. The third kappa shape index (κ3) is 4.90. The number of fused-ring (bicyclic) bond motifs is 1. The minimum atomic E-state index is -1.66. The van der Waals surface area contributed by atoms with Crippen molar-refractivity contribution in [1.29, 1.82) is 0 Å². The van der Waals surface area contributed by atoms with Crippen LogP contribution in [0.3, 0.4) is 0 Å². The molecule has 6 nitrogen and oxygen atoms in total. The zero-order chi connectivity index (χ0) is 19.2. The molecule has 1 amide bonds. The Morgan fingerprint density at radius 3 is 2.63 bits per heavy atom. The number of amides is 1. The molecule has 0 saturated carbocycles. The Morgan fingerprint density at radius 2 is 1.93 bits per heavy atom.